The van der Waals surface area contributed by atoms with Gasteiger partial charge in [0.2, 0.25) is 6.29 Å². The zero-order valence-corrected chi connectivity index (χ0v) is 18.8. The van der Waals surface area contributed by atoms with Crippen LogP contribution in [0.15, 0.2) is 72.5 Å². The number of rotatable bonds is 9. The zero-order valence-electron chi connectivity index (χ0n) is 17.8. The second-order valence-electron chi connectivity index (χ2n) is 7.63. The predicted octanol–water partition coefficient (Wildman–Crippen LogP) is 3.71. The third-order valence-electron chi connectivity index (χ3n) is 4.80. The monoisotopic (exact) mass is 400 g/mol. The van der Waals surface area contributed by atoms with Crippen molar-refractivity contribution in [3.8, 4) is 0 Å². The second-order valence-corrected chi connectivity index (χ2v) is 11.9. The molecule has 0 saturated heterocycles. The average Bonchev–Trinajstić information content (AvgIpc) is 2.70. The molecule has 0 bridgehead atoms. The van der Waals surface area contributed by atoms with Gasteiger partial charge in [0, 0.05) is 21.3 Å². The number of hydrogen-bond acceptors (Lipinski definition) is 4. The Hall–Kier alpha value is -1.92. The summed E-state index contributed by atoms with van der Waals surface area (Å²) in [5.74, 6) is 0.640. The fraction of sp³-hybridized carbons (Fsp3) is 0.391. The highest BCUT2D eigenvalue weighted by molar-refractivity contribution is 6.99. The molecule has 152 valence electrons. The molecule has 0 aromatic heterocycles. The van der Waals surface area contributed by atoms with Crippen LogP contribution in [-0.4, -0.2) is 42.5 Å². The Morgan fingerprint density at radius 3 is 1.68 bits per heavy atom. The third-order valence-corrected chi connectivity index (χ3v) is 9.75. The molecule has 0 heterocycles. The fourth-order valence-corrected chi connectivity index (χ4v) is 7.97. The lowest BCUT2D eigenvalue weighted by Crippen LogP contribution is -2.66. The van der Waals surface area contributed by atoms with Crippen LogP contribution in [0.5, 0.6) is 0 Å². The van der Waals surface area contributed by atoms with Gasteiger partial charge in [-0.15, -0.1) is 0 Å². The van der Waals surface area contributed by atoms with Crippen LogP contribution in [-0.2, 0) is 18.6 Å². The van der Waals surface area contributed by atoms with Gasteiger partial charge in [-0.1, -0.05) is 81.4 Å². The molecule has 0 N–H and O–H groups in total. The maximum atomic E-state index is 6.99. The van der Waals surface area contributed by atoms with Crippen molar-refractivity contribution in [3.63, 3.8) is 0 Å². The number of ether oxygens (including phenoxy) is 3. The molecular weight excluding hydrogens is 368 g/mol. The SMILES string of the molecule is COC/C=C(\O[Si](c1ccccc1)(c1ccccc1)C(C)(C)C)C(OC)OC. The van der Waals surface area contributed by atoms with Gasteiger partial charge in [0.25, 0.3) is 0 Å². The molecule has 0 saturated carbocycles. The first-order chi connectivity index (χ1) is 13.4. The van der Waals surface area contributed by atoms with Gasteiger partial charge in [0.1, 0.15) is 5.76 Å². The largest absolute Gasteiger partial charge is 0.533 e. The summed E-state index contributed by atoms with van der Waals surface area (Å²) < 4.78 is 23.3. The van der Waals surface area contributed by atoms with Gasteiger partial charge < -0.3 is 18.6 Å². The maximum absolute atomic E-state index is 6.99. The minimum absolute atomic E-state index is 0.145. The first-order valence-corrected chi connectivity index (χ1v) is 11.4. The summed E-state index contributed by atoms with van der Waals surface area (Å²) in [6.07, 6.45) is 1.30. The van der Waals surface area contributed by atoms with Crippen molar-refractivity contribution in [2.75, 3.05) is 27.9 Å². The topological polar surface area (TPSA) is 36.9 Å². The number of benzene rings is 2. The Kier molecular flexibility index (Phi) is 8.01. The maximum Gasteiger partial charge on any atom is 0.319 e. The van der Waals surface area contributed by atoms with Crippen LogP contribution in [0.4, 0.5) is 0 Å². The van der Waals surface area contributed by atoms with Crippen LogP contribution >= 0.6 is 0 Å². The van der Waals surface area contributed by atoms with E-state index in [4.69, 9.17) is 18.6 Å². The van der Waals surface area contributed by atoms with E-state index in [-0.39, 0.29) is 5.04 Å². The molecular formula is C23H32O4Si. The summed E-state index contributed by atoms with van der Waals surface area (Å²) in [5.41, 5.74) is 0. The van der Waals surface area contributed by atoms with Crippen molar-refractivity contribution in [2.45, 2.75) is 32.1 Å². The van der Waals surface area contributed by atoms with Crippen LogP contribution < -0.4 is 10.4 Å². The molecule has 2 aromatic rings. The fourth-order valence-electron chi connectivity index (χ4n) is 3.51. The van der Waals surface area contributed by atoms with E-state index in [2.05, 4.69) is 69.3 Å². The standard InChI is InChI=1S/C23H32O4Si/c1-23(2,3)28(19-13-9-7-10-14-19,20-15-11-8-12-16-20)27-21(17-18-24-4)22(25-5)26-6/h7-17,22H,18H2,1-6H3/b21-17-. The van der Waals surface area contributed by atoms with Gasteiger partial charge in [0.05, 0.1) is 6.61 Å². The summed E-state index contributed by atoms with van der Waals surface area (Å²) >= 11 is 0. The normalized spacial score (nSPS) is 13.0. The number of methoxy groups -OCH3 is 3. The predicted molar refractivity (Wildman–Crippen MR) is 116 cm³/mol. The van der Waals surface area contributed by atoms with Gasteiger partial charge >= 0.3 is 8.32 Å². The smallest absolute Gasteiger partial charge is 0.319 e. The molecule has 5 heteroatoms. The highest BCUT2D eigenvalue weighted by Crippen LogP contribution is 2.38. The Morgan fingerprint density at radius 2 is 1.32 bits per heavy atom. The average molecular weight is 401 g/mol. The Bertz CT molecular complexity index is 695. The van der Waals surface area contributed by atoms with E-state index in [1.807, 2.05) is 18.2 Å². The van der Waals surface area contributed by atoms with E-state index in [1.165, 1.54) is 10.4 Å². The lowest BCUT2D eigenvalue weighted by molar-refractivity contribution is -0.0947. The Labute approximate surface area is 170 Å². The van der Waals surface area contributed by atoms with Crippen LogP contribution in [0.2, 0.25) is 5.04 Å². The third kappa shape index (κ3) is 4.73. The minimum atomic E-state index is -2.74. The highest BCUT2D eigenvalue weighted by atomic mass is 28.4. The summed E-state index contributed by atoms with van der Waals surface area (Å²) in [6.45, 7) is 7.13. The lowest BCUT2D eigenvalue weighted by atomic mass is 10.2. The Morgan fingerprint density at radius 1 is 0.857 bits per heavy atom. The van der Waals surface area contributed by atoms with Gasteiger partial charge in [-0.25, -0.2) is 0 Å². The minimum Gasteiger partial charge on any atom is -0.533 e. The molecule has 0 amide bonds. The molecule has 0 aliphatic heterocycles. The number of hydrogen-bond donors (Lipinski definition) is 0. The van der Waals surface area contributed by atoms with E-state index >= 15 is 0 Å². The summed E-state index contributed by atoms with van der Waals surface area (Å²) in [7, 11) is 2.15. The molecule has 0 aliphatic rings. The molecule has 4 nitrogen and oxygen atoms in total. The van der Waals surface area contributed by atoms with Gasteiger partial charge in [-0.2, -0.15) is 0 Å². The van der Waals surface area contributed by atoms with Crippen molar-refractivity contribution < 1.29 is 18.6 Å². The first kappa shape index (κ1) is 22.4. The summed E-state index contributed by atoms with van der Waals surface area (Å²) in [4.78, 5) is 0. The molecule has 0 radical (unpaired) electrons. The van der Waals surface area contributed by atoms with Crippen molar-refractivity contribution in [2.24, 2.45) is 0 Å². The molecule has 0 unspecified atom stereocenters. The summed E-state index contributed by atoms with van der Waals surface area (Å²) in [5, 5.41) is 2.25. The molecule has 0 fully saturated rings. The van der Waals surface area contributed by atoms with Crippen LogP contribution in [0.3, 0.4) is 0 Å². The lowest BCUT2D eigenvalue weighted by Gasteiger charge is -2.44. The zero-order chi connectivity index (χ0) is 20.6. The first-order valence-electron chi connectivity index (χ1n) is 9.45. The highest BCUT2D eigenvalue weighted by Gasteiger charge is 2.52. The van der Waals surface area contributed by atoms with Crippen LogP contribution in [0, 0.1) is 0 Å². The molecule has 2 aromatic carbocycles. The van der Waals surface area contributed by atoms with Crippen molar-refractivity contribution in [3.05, 3.63) is 72.5 Å². The van der Waals surface area contributed by atoms with Gasteiger partial charge in [-0.3, -0.25) is 0 Å². The molecule has 0 atom stereocenters. The van der Waals surface area contributed by atoms with E-state index in [0.29, 0.717) is 12.4 Å². The summed E-state index contributed by atoms with van der Waals surface area (Å²) in [6, 6.07) is 21.0. The van der Waals surface area contributed by atoms with Gasteiger partial charge in [-0.05, 0) is 21.5 Å². The van der Waals surface area contributed by atoms with Crippen LogP contribution in [0.25, 0.3) is 0 Å². The van der Waals surface area contributed by atoms with E-state index in [9.17, 15) is 0 Å². The quantitative estimate of drug-likeness (QED) is 0.365. The molecule has 28 heavy (non-hydrogen) atoms. The Balaban J connectivity index is 2.73. The van der Waals surface area contributed by atoms with Crippen molar-refractivity contribution in [1.29, 1.82) is 0 Å². The van der Waals surface area contributed by atoms with Crippen molar-refractivity contribution in [1.82, 2.24) is 0 Å². The second kappa shape index (κ2) is 10.0. The van der Waals surface area contributed by atoms with E-state index in [0.717, 1.165) is 0 Å². The van der Waals surface area contributed by atoms with Crippen LogP contribution in [0.1, 0.15) is 20.8 Å². The van der Waals surface area contributed by atoms with Gasteiger partial charge in [0.15, 0.2) is 0 Å². The van der Waals surface area contributed by atoms with Crippen molar-refractivity contribution >= 4 is 18.7 Å². The van der Waals surface area contributed by atoms with E-state index < -0.39 is 14.6 Å². The molecule has 2 rings (SSSR count). The molecule has 0 aliphatic carbocycles. The van der Waals surface area contributed by atoms with E-state index in [1.54, 1.807) is 21.3 Å². The molecule has 0 spiro atoms.